The fraction of sp³-hybridized carbons (Fsp3) is 0.0323. The van der Waals surface area contributed by atoms with Gasteiger partial charge in [-0.25, -0.2) is 9.97 Å². The standard InChI is InChI=1S/C52H34N4.C7H8.C3H6/c1-4-14-35(15-5-1)47-34-48(36-16-6-2-7-17-36)54-52(53-47)40-20-12-18-37(28-40)38-19-13-23-44(30-38)56-49-25-11-10-24-45(49)46-31-41-29-39-26-27-55(43-21-8-3-9-22-43)50(39)32-42(41)33-51(46)56;1-7-5-3-2-4-6-7;1-3-2/h1-34H;2-6H,1H3;3H,1H2,2H3. The summed E-state index contributed by atoms with van der Waals surface area (Å²) in [4.78, 5) is 10.2. The largest absolute Gasteiger partial charge is 0.317 e. The number of rotatable bonds is 6. The van der Waals surface area contributed by atoms with Gasteiger partial charge in [-0.2, -0.15) is 0 Å². The zero-order valence-corrected chi connectivity index (χ0v) is 37.1. The summed E-state index contributed by atoms with van der Waals surface area (Å²) in [6, 6.07) is 81.4. The first-order valence-electron chi connectivity index (χ1n) is 22.4. The lowest BCUT2D eigenvalue weighted by atomic mass is 10.0. The quantitative estimate of drug-likeness (QED) is 0.156. The molecule has 0 N–H and O–H groups in total. The maximum absolute atomic E-state index is 5.11. The lowest BCUT2D eigenvalue weighted by Crippen LogP contribution is -1.96. The summed E-state index contributed by atoms with van der Waals surface area (Å²) in [5.74, 6) is 0.699. The van der Waals surface area contributed by atoms with Crippen molar-refractivity contribution in [3.05, 3.63) is 255 Å². The number of hydrogen-bond donors (Lipinski definition) is 0. The first kappa shape index (κ1) is 41.4. The van der Waals surface area contributed by atoms with E-state index in [2.05, 4.69) is 229 Å². The fourth-order valence-corrected chi connectivity index (χ4v) is 8.73. The van der Waals surface area contributed by atoms with Crippen molar-refractivity contribution < 1.29 is 0 Å². The second kappa shape index (κ2) is 18.6. The molecule has 0 fully saturated rings. The van der Waals surface area contributed by atoms with Gasteiger partial charge in [-0.15, -0.1) is 6.58 Å². The van der Waals surface area contributed by atoms with Crippen LogP contribution in [-0.4, -0.2) is 19.1 Å². The van der Waals surface area contributed by atoms with Crippen molar-refractivity contribution in [1.82, 2.24) is 19.1 Å². The minimum atomic E-state index is 0.699. The SMILES string of the molecule is C=CC.Cc1ccccc1.c1ccc(-c2cc(-c3ccccc3)nc(-c3cccc(-c4cccc(-n5c6ccccc6c6cc7cc8ccn(-c9ccccc9)c8cc7cc65)c4)c3)n2)cc1. The summed E-state index contributed by atoms with van der Waals surface area (Å²) in [5, 5.41) is 6.16. The summed E-state index contributed by atoms with van der Waals surface area (Å²) >= 11 is 0. The number of nitrogens with zero attached hydrogens (tertiary/aromatic N) is 4. The molecule has 4 nitrogen and oxygen atoms in total. The topological polar surface area (TPSA) is 35.6 Å². The third kappa shape index (κ3) is 8.44. The van der Waals surface area contributed by atoms with Gasteiger partial charge in [-0.3, -0.25) is 0 Å². The van der Waals surface area contributed by atoms with Crippen molar-refractivity contribution in [1.29, 1.82) is 0 Å². The molecule has 9 aromatic carbocycles. The smallest absolute Gasteiger partial charge is 0.160 e. The van der Waals surface area contributed by atoms with E-state index in [0.717, 1.165) is 50.6 Å². The van der Waals surface area contributed by atoms with Gasteiger partial charge in [0.15, 0.2) is 5.82 Å². The highest BCUT2D eigenvalue weighted by atomic mass is 15.0. The number of benzene rings is 9. The van der Waals surface area contributed by atoms with Crippen LogP contribution in [0, 0.1) is 6.92 Å². The summed E-state index contributed by atoms with van der Waals surface area (Å²) in [6.45, 7) is 7.33. The van der Waals surface area contributed by atoms with Gasteiger partial charge < -0.3 is 9.13 Å². The molecule has 0 amide bonds. The Bertz CT molecular complexity index is 3550. The Kier molecular flexibility index (Phi) is 11.7. The molecule has 0 unspecified atom stereocenters. The summed E-state index contributed by atoms with van der Waals surface area (Å²) < 4.78 is 4.69. The number of aromatic nitrogens is 4. The lowest BCUT2D eigenvalue weighted by molar-refractivity contribution is 1.13. The third-order valence-electron chi connectivity index (χ3n) is 11.8. The van der Waals surface area contributed by atoms with Crippen molar-refractivity contribution in [3.8, 4) is 56.4 Å². The Balaban J connectivity index is 0.000000460. The van der Waals surface area contributed by atoms with Crippen LogP contribution in [0.15, 0.2) is 249 Å². The van der Waals surface area contributed by atoms with E-state index in [4.69, 9.17) is 9.97 Å². The highest BCUT2D eigenvalue weighted by Crippen LogP contribution is 2.38. The van der Waals surface area contributed by atoms with Gasteiger partial charge in [0.05, 0.1) is 27.9 Å². The second-order valence-corrected chi connectivity index (χ2v) is 16.4. The minimum absolute atomic E-state index is 0.699. The van der Waals surface area contributed by atoms with E-state index < -0.39 is 0 Å². The van der Waals surface area contributed by atoms with Crippen molar-refractivity contribution in [2.24, 2.45) is 0 Å². The molecular weight excluding hydrogens is 801 g/mol. The van der Waals surface area contributed by atoms with E-state index in [1.165, 1.54) is 49.0 Å². The molecule has 0 radical (unpaired) electrons. The van der Waals surface area contributed by atoms with Crippen molar-refractivity contribution >= 4 is 43.5 Å². The van der Waals surface area contributed by atoms with Gasteiger partial charge in [-0.1, -0.05) is 169 Å². The molecule has 4 heteroatoms. The number of allylic oxidation sites excluding steroid dienone is 1. The lowest BCUT2D eigenvalue weighted by Gasteiger charge is -2.12. The Morgan fingerprint density at radius 2 is 0.909 bits per heavy atom. The summed E-state index contributed by atoms with van der Waals surface area (Å²) in [6.07, 6.45) is 3.92. The molecule has 0 saturated heterocycles. The highest BCUT2D eigenvalue weighted by molar-refractivity contribution is 6.15. The van der Waals surface area contributed by atoms with Gasteiger partial charge in [-0.05, 0) is 109 Å². The predicted molar refractivity (Wildman–Crippen MR) is 280 cm³/mol. The number of para-hydroxylation sites is 2. The molecule has 12 rings (SSSR count). The zero-order valence-electron chi connectivity index (χ0n) is 37.1. The van der Waals surface area contributed by atoms with Crippen LogP contribution in [0.3, 0.4) is 0 Å². The normalized spacial score (nSPS) is 10.9. The van der Waals surface area contributed by atoms with Crippen molar-refractivity contribution in [3.63, 3.8) is 0 Å². The van der Waals surface area contributed by atoms with Crippen LogP contribution < -0.4 is 0 Å². The molecule has 3 aromatic heterocycles. The number of hydrogen-bond acceptors (Lipinski definition) is 2. The van der Waals surface area contributed by atoms with E-state index >= 15 is 0 Å². The van der Waals surface area contributed by atoms with Crippen LogP contribution >= 0.6 is 0 Å². The van der Waals surface area contributed by atoms with E-state index in [1.54, 1.807) is 6.08 Å². The molecule has 0 spiro atoms. The Hall–Kier alpha value is -8.60. The average Bonchev–Trinajstić information content (AvgIpc) is 3.94. The summed E-state index contributed by atoms with van der Waals surface area (Å²) in [5.41, 5.74) is 14.3. The molecule has 0 aliphatic rings. The maximum Gasteiger partial charge on any atom is 0.160 e. The first-order chi connectivity index (χ1) is 32.5. The van der Waals surface area contributed by atoms with Gasteiger partial charge in [0.1, 0.15) is 0 Å². The van der Waals surface area contributed by atoms with E-state index in [9.17, 15) is 0 Å². The van der Waals surface area contributed by atoms with Gasteiger partial charge in [0.25, 0.3) is 0 Å². The molecular formula is C62H48N4. The van der Waals surface area contributed by atoms with Gasteiger partial charge in [0, 0.05) is 50.4 Å². The Labute approximate surface area is 386 Å². The van der Waals surface area contributed by atoms with E-state index in [1.807, 2.05) is 37.3 Å². The molecule has 0 atom stereocenters. The average molecular weight is 849 g/mol. The molecule has 66 heavy (non-hydrogen) atoms. The van der Waals surface area contributed by atoms with Gasteiger partial charge in [0.2, 0.25) is 0 Å². The third-order valence-corrected chi connectivity index (χ3v) is 11.8. The van der Waals surface area contributed by atoms with Crippen LogP contribution in [-0.2, 0) is 0 Å². The van der Waals surface area contributed by atoms with Crippen LogP contribution in [0.4, 0.5) is 0 Å². The van der Waals surface area contributed by atoms with E-state index in [-0.39, 0.29) is 0 Å². The first-order valence-corrected chi connectivity index (χ1v) is 22.4. The molecule has 3 heterocycles. The predicted octanol–water partition coefficient (Wildman–Crippen LogP) is 16.5. The zero-order chi connectivity index (χ0) is 44.8. The van der Waals surface area contributed by atoms with E-state index in [0.29, 0.717) is 5.82 Å². The number of aryl methyl sites for hydroxylation is 1. The van der Waals surface area contributed by atoms with Crippen molar-refractivity contribution in [2.45, 2.75) is 13.8 Å². The fourth-order valence-electron chi connectivity index (χ4n) is 8.73. The molecule has 316 valence electrons. The molecule has 0 bridgehead atoms. The maximum atomic E-state index is 5.11. The van der Waals surface area contributed by atoms with Crippen molar-refractivity contribution in [2.75, 3.05) is 0 Å². The van der Waals surface area contributed by atoms with Crippen LogP contribution in [0.2, 0.25) is 0 Å². The second-order valence-electron chi connectivity index (χ2n) is 16.4. The van der Waals surface area contributed by atoms with Crippen LogP contribution in [0.25, 0.3) is 99.9 Å². The van der Waals surface area contributed by atoms with Gasteiger partial charge >= 0.3 is 0 Å². The molecule has 0 aliphatic heterocycles. The summed E-state index contributed by atoms with van der Waals surface area (Å²) in [7, 11) is 0. The Morgan fingerprint density at radius 1 is 0.394 bits per heavy atom. The monoisotopic (exact) mass is 848 g/mol. The number of fused-ring (bicyclic) bond motifs is 5. The van der Waals surface area contributed by atoms with Crippen LogP contribution in [0.5, 0.6) is 0 Å². The van der Waals surface area contributed by atoms with Crippen LogP contribution in [0.1, 0.15) is 12.5 Å². The highest BCUT2D eigenvalue weighted by Gasteiger charge is 2.16. The molecule has 0 saturated carbocycles. The molecule has 12 aromatic rings. The Morgan fingerprint density at radius 3 is 1.56 bits per heavy atom. The molecule has 0 aliphatic carbocycles. The minimum Gasteiger partial charge on any atom is -0.317 e.